The number of morpholine rings is 1. The van der Waals surface area contributed by atoms with E-state index in [9.17, 15) is 0 Å². The van der Waals surface area contributed by atoms with Crippen LogP contribution < -0.4 is 4.90 Å². The molecule has 0 bridgehead atoms. The zero-order chi connectivity index (χ0) is 15.8. The molecule has 3 aromatic rings. The fraction of sp³-hybridized carbons (Fsp3) is 0.333. The van der Waals surface area contributed by atoms with Crippen molar-refractivity contribution >= 4 is 39.6 Å². The molecule has 8 heteroatoms. The molecule has 4 rings (SSSR count). The molecule has 23 heavy (non-hydrogen) atoms. The number of ether oxygens (including phenoxy) is 1. The Labute approximate surface area is 146 Å². The van der Waals surface area contributed by atoms with Crippen molar-refractivity contribution < 1.29 is 4.74 Å². The lowest BCUT2D eigenvalue weighted by Gasteiger charge is -2.27. The van der Waals surface area contributed by atoms with Crippen LogP contribution in [0.15, 0.2) is 24.5 Å². The maximum absolute atomic E-state index is 5.44. The van der Waals surface area contributed by atoms with E-state index in [2.05, 4.69) is 42.4 Å². The number of imidazole rings is 1. The van der Waals surface area contributed by atoms with Crippen LogP contribution in [0.2, 0.25) is 0 Å². The summed E-state index contributed by atoms with van der Waals surface area (Å²) in [7, 11) is 1.98. The fourth-order valence-electron chi connectivity index (χ4n) is 2.78. The maximum atomic E-state index is 5.44. The largest absolute Gasteiger partial charge is 0.378 e. The fourth-order valence-corrected chi connectivity index (χ4v) is 3.23. The van der Waals surface area contributed by atoms with E-state index in [0.717, 1.165) is 45.3 Å². The lowest BCUT2D eigenvalue weighted by atomic mass is 10.2. The number of fused-ring (bicyclic) bond motifs is 1. The summed E-state index contributed by atoms with van der Waals surface area (Å²) in [4.78, 5) is 20.3. The van der Waals surface area contributed by atoms with Gasteiger partial charge in [-0.1, -0.05) is 0 Å². The van der Waals surface area contributed by atoms with E-state index >= 15 is 0 Å². The van der Waals surface area contributed by atoms with Gasteiger partial charge in [-0.15, -0.1) is 0 Å². The summed E-state index contributed by atoms with van der Waals surface area (Å²) in [6.07, 6.45) is 3.54. The predicted octanol–water partition coefficient (Wildman–Crippen LogP) is 1.87. The molecule has 0 aliphatic carbocycles. The third-order valence-electron chi connectivity index (χ3n) is 3.92. The van der Waals surface area contributed by atoms with Gasteiger partial charge in [0.1, 0.15) is 5.82 Å². The van der Waals surface area contributed by atoms with E-state index < -0.39 is 0 Å². The molecule has 0 amide bonds. The Kier molecular flexibility index (Phi) is 3.85. The van der Waals surface area contributed by atoms with Crippen LogP contribution in [0.25, 0.3) is 22.6 Å². The third-order valence-corrected chi connectivity index (χ3v) is 4.40. The summed E-state index contributed by atoms with van der Waals surface area (Å²) in [5, 5.41) is 0. The molecule has 1 aliphatic rings. The first-order chi connectivity index (χ1) is 11.2. The molecule has 0 aromatic carbocycles. The molecule has 4 heterocycles. The van der Waals surface area contributed by atoms with Gasteiger partial charge in [0, 0.05) is 60.7 Å². The number of pyridine rings is 1. The Morgan fingerprint density at radius 2 is 1.83 bits per heavy atom. The van der Waals surface area contributed by atoms with Gasteiger partial charge in [0.05, 0.1) is 13.2 Å². The number of hydrogen-bond donors (Lipinski definition) is 0. The van der Waals surface area contributed by atoms with Crippen LogP contribution in [-0.2, 0) is 11.8 Å². The van der Waals surface area contributed by atoms with Crippen LogP contribution in [0.4, 0.5) is 5.82 Å². The highest BCUT2D eigenvalue weighted by Gasteiger charge is 2.21. The molecule has 0 N–H and O–H groups in total. The molecular formula is C15H15IN6O. The minimum atomic E-state index is 0.714. The Morgan fingerprint density at radius 1 is 1.09 bits per heavy atom. The number of nitrogens with zero attached hydrogens (tertiary/aromatic N) is 6. The molecule has 1 aliphatic heterocycles. The van der Waals surface area contributed by atoms with Crippen LogP contribution in [0, 0.1) is 3.83 Å². The first kappa shape index (κ1) is 14.8. The van der Waals surface area contributed by atoms with E-state index in [0.29, 0.717) is 13.2 Å². The lowest BCUT2D eigenvalue weighted by molar-refractivity contribution is 0.122. The molecule has 0 atom stereocenters. The average molecular weight is 422 g/mol. The second kappa shape index (κ2) is 6.00. The number of aryl methyl sites for hydroxylation is 1. The summed E-state index contributed by atoms with van der Waals surface area (Å²) in [5.41, 5.74) is 2.70. The van der Waals surface area contributed by atoms with Gasteiger partial charge in [0.2, 0.25) is 0 Å². The number of anilines is 1. The van der Waals surface area contributed by atoms with E-state index in [4.69, 9.17) is 9.72 Å². The molecule has 118 valence electrons. The molecule has 0 radical (unpaired) electrons. The van der Waals surface area contributed by atoms with Crippen molar-refractivity contribution in [2.75, 3.05) is 31.2 Å². The summed E-state index contributed by atoms with van der Waals surface area (Å²) in [6.45, 7) is 3.07. The van der Waals surface area contributed by atoms with E-state index in [1.807, 2.05) is 23.7 Å². The average Bonchev–Trinajstić information content (AvgIpc) is 2.93. The highest BCUT2D eigenvalue weighted by Crippen LogP contribution is 2.28. The Hall–Kier alpha value is -1.81. The lowest BCUT2D eigenvalue weighted by Crippen LogP contribution is -2.37. The van der Waals surface area contributed by atoms with Gasteiger partial charge in [-0.2, -0.15) is 0 Å². The molecule has 0 unspecified atom stereocenters. The van der Waals surface area contributed by atoms with Crippen LogP contribution >= 0.6 is 22.6 Å². The van der Waals surface area contributed by atoms with Gasteiger partial charge < -0.3 is 14.2 Å². The van der Waals surface area contributed by atoms with Crippen LogP contribution in [0.1, 0.15) is 0 Å². The van der Waals surface area contributed by atoms with E-state index in [1.165, 1.54) is 0 Å². The number of aromatic nitrogens is 5. The quantitative estimate of drug-likeness (QED) is 0.464. The van der Waals surface area contributed by atoms with Crippen molar-refractivity contribution in [1.82, 2.24) is 24.5 Å². The smallest absolute Gasteiger partial charge is 0.194 e. The van der Waals surface area contributed by atoms with Gasteiger partial charge in [0.25, 0.3) is 0 Å². The molecule has 1 saturated heterocycles. The Morgan fingerprint density at radius 3 is 2.57 bits per heavy atom. The minimum absolute atomic E-state index is 0.714. The van der Waals surface area contributed by atoms with Gasteiger partial charge in [-0.25, -0.2) is 15.0 Å². The second-order valence-corrected chi connectivity index (χ2v) is 6.28. The van der Waals surface area contributed by atoms with Crippen LogP contribution in [-0.4, -0.2) is 50.8 Å². The normalized spacial score (nSPS) is 15.3. The summed E-state index contributed by atoms with van der Waals surface area (Å²) in [6, 6.07) is 3.90. The van der Waals surface area contributed by atoms with Gasteiger partial charge in [-0.05, 0) is 12.1 Å². The van der Waals surface area contributed by atoms with E-state index in [-0.39, 0.29) is 0 Å². The van der Waals surface area contributed by atoms with Crippen molar-refractivity contribution in [3.8, 4) is 11.4 Å². The Balaban J connectivity index is 1.91. The maximum Gasteiger partial charge on any atom is 0.194 e. The number of rotatable bonds is 2. The summed E-state index contributed by atoms with van der Waals surface area (Å²) >= 11 is 2.16. The monoisotopic (exact) mass is 422 g/mol. The third kappa shape index (κ3) is 2.65. The van der Waals surface area contributed by atoms with E-state index in [1.54, 1.807) is 12.4 Å². The molecular weight excluding hydrogens is 407 g/mol. The molecule has 0 spiro atoms. The van der Waals surface area contributed by atoms with Gasteiger partial charge >= 0.3 is 0 Å². The first-order valence-electron chi connectivity index (χ1n) is 7.37. The zero-order valence-corrected chi connectivity index (χ0v) is 14.8. The van der Waals surface area contributed by atoms with Crippen molar-refractivity contribution in [3.05, 3.63) is 28.4 Å². The second-order valence-electron chi connectivity index (χ2n) is 5.32. The minimum Gasteiger partial charge on any atom is -0.378 e. The molecule has 0 saturated carbocycles. The van der Waals surface area contributed by atoms with Crippen molar-refractivity contribution in [3.63, 3.8) is 0 Å². The highest BCUT2D eigenvalue weighted by atomic mass is 127. The predicted molar refractivity (Wildman–Crippen MR) is 95.3 cm³/mol. The SMILES string of the molecule is Cn1c(-c2ccncc2)nc2c(N3CCOCC3)nc(I)nc21. The summed E-state index contributed by atoms with van der Waals surface area (Å²) in [5.74, 6) is 1.76. The molecule has 3 aromatic heterocycles. The number of hydrogen-bond acceptors (Lipinski definition) is 6. The Bertz CT molecular complexity index is 844. The molecule has 7 nitrogen and oxygen atoms in total. The summed E-state index contributed by atoms with van der Waals surface area (Å²) < 4.78 is 8.18. The van der Waals surface area contributed by atoms with Crippen LogP contribution in [0.3, 0.4) is 0 Å². The first-order valence-corrected chi connectivity index (χ1v) is 8.45. The zero-order valence-electron chi connectivity index (χ0n) is 12.6. The number of halogens is 1. The van der Waals surface area contributed by atoms with Gasteiger partial charge in [-0.3, -0.25) is 4.98 Å². The standard InChI is InChI=1S/C15H15IN6O/c1-21-12(10-2-4-17-5-3-10)18-11-13(21)19-15(16)20-14(11)22-6-8-23-9-7-22/h2-5H,6-9H2,1H3. The van der Waals surface area contributed by atoms with Crippen LogP contribution in [0.5, 0.6) is 0 Å². The molecule has 1 fully saturated rings. The van der Waals surface area contributed by atoms with Crippen molar-refractivity contribution in [2.45, 2.75) is 0 Å². The highest BCUT2D eigenvalue weighted by molar-refractivity contribution is 14.1. The van der Waals surface area contributed by atoms with Crippen molar-refractivity contribution in [2.24, 2.45) is 7.05 Å². The van der Waals surface area contributed by atoms with Gasteiger partial charge in [0.15, 0.2) is 20.8 Å². The van der Waals surface area contributed by atoms with Crippen molar-refractivity contribution in [1.29, 1.82) is 0 Å². The topological polar surface area (TPSA) is 69.0 Å².